The highest BCUT2D eigenvalue weighted by Gasteiger charge is 2.25. The predicted molar refractivity (Wildman–Crippen MR) is 116 cm³/mol. The molecule has 0 unspecified atom stereocenters. The number of rotatable bonds is 5. The zero-order chi connectivity index (χ0) is 21.3. The van der Waals surface area contributed by atoms with Crippen molar-refractivity contribution in [1.82, 2.24) is 9.13 Å². The van der Waals surface area contributed by atoms with Gasteiger partial charge in [-0.25, -0.2) is 4.79 Å². The fraction of sp³-hybridized carbons (Fsp3) is 0.391. The molecule has 1 fully saturated rings. The summed E-state index contributed by atoms with van der Waals surface area (Å²) in [6.07, 6.45) is 2.61. The SMILES string of the molecule is CCOc1ccc(Cn2c(=O)n(C3CCC(O)CC3)c3ccc(C#N)cc32)cc1Cl. The van der Waals surface area contributed by atoms with E-state index in [0.29, 0.717) is 42.3 Å². The molecular weight excluding hydrogens is 402 g/mol. The third-order valence-electron chi connectivity index (χ3n) is 5.76. The second-order valence-corrected chi connectivity index (χ2v) is 8.12. The van der Waals surface area contributed by atoms with Gasteiger partial charge in [-0.15, -0.1) is 0 Å². The van der Waals surface area contributed by atoms with Crippen molar-refractivity contribution in [3.8, 4) is 11.8 Å². The van der Waals surface area contributed by atoms with E-state index in [0.717, 1.165) is 29.4 Å². The van der Waals surface area contributed by atoms with E-state index in [-0.39, 0.29) is 17.8 Å². The first kappa shape index (κ1) is 20.5. The van der Waals surface area contributed by atoms with Gasteiger partial charge < -0.3 is 9.84 Å². The van der Waals surface area contributed by atoms with E-state index in [1.54, 1.807) is 16.7 Å². The monoisotopic (exact) mass is 425 g/mol. The lowest BCUT2D eigenvalue weighted by atomic mass is 9.93. The van der Waals surface area contributed by atoms with Crippen LogP contribution in [-0.2, 0) is 6.54 Å². The summed E-state index contributed by atoms with van der Waals surface area (Å²) < 4.78 is 9.03. The first-order valence-corrected chi connectivity index (χ1v) is 10.6. The molecule has 1 saturated carbocycles. The zero-order valence-electron chi connectivity index (χ0n) is 16.8. The summed E-state index contributed by atoms with van der Waals surface area (Å²) in [6.45, 7) is 2.77. The van der Waals surface area contributed by atoms with Gasteiger partial charge in [-0.2, -0.15) is 5.26 Å². The van der Waals surface area contributed by atoms with E-state index >= 15 is 0 Å². The topological polar surface area (TPSA) is 80.2 Å². The lowest BCUT2D eigenvalue weighted by molar-refractivity contribution is 0.110. The second kappa shape index (κ2) is 8.55. The molecular formula is C23H24ClN3O3. The fourth-order valence-corrected chi connectivity index (χ4v) is 4.53. The molecule has 2 aromatic carbocycles. The molecule has 1 aliphatic carbocycles. The summed E-state index contributed by atoms with van der Waals surface area (Å²) in [5.41, 5.74) is 2.84. The fourth-order valence-electron chi connectivity index (χ4n) is 4.27. The van der Waals surface area contributed by atoms with Gasteiger partial charge in [0.2, 0.25) is 0 Å². The molecule has 3 aromatic rings. The number of hydrogen-bond donors (Lipinski definition) is 1. The molecule has 4 rings (SSSR count). The average molecular weight is 426 g/mol. The van der Waals surface area contributed by atoms with Crippen molar-refractivity contribution >= 4 is 22.6 Å². The van der Waals surface area contributed by atoms with Crippen LogP contribution in [0.15, 0.2) is 41.2 Å². The van der Waals surface area contributed by atoms with Gasteiger partial charge in [-0.05, 0) is 68.5 Å². The van der Waals surface area contributed by atoms with Crippen molar-refractivity contribution in [1.29, 1.82) is 5.26 Å². The first-order chi connectivity index (χ1) is 14.5. The maximum atomic E-state index is 13.5. The van der Waals surface area contributed by atoms with Gasteiger partial charge in [-0.3, -0.25) is 9.13 Å². The number of aliphatic hydroxyl groups is 1. The Kier molecular flexibility index (Phi) is 5.85. The standard InChI is InChI=1S/C23H24ClN3O3/c1-2-30-22-10-4-16(11-19(22)24)14-26-21-12-15(13-25)3-9-20(21)27(23(26)29)17-5-7-18(28)8-6-17/h3-4,9-12,17-18,28H,2,5-8,14H2,1H3. The molecule has 0 saturated heterocycles. The maximum absolute atomic E-state index is 13.5. The Hall–Kier alpha value is -2.75. The Morgan fingerprint density at radius 3 is 2.60 bits per heavy atom. The number of aliphatic hydroxyl groups excluding tert-OH is 1. The number of hydrogen-bond acceptors (Lipinski definition) is 4. The van der Waals surface area contributed by atoms with E-state index in [1.807, 2.05) is 35.8 Å². The minimum atomic E-state index is -0.290. The molecule has 30 heavy (non-hydrogen) atoms. The summed E-state index contributed by atoms with van der Waals surface area (Å²) >= 11 is 6.34. The lowest BCUT2D eigenvalue weighted by Gasteiger charge is -2.26. The molecule has 7 heteroatoms. The number of nitriles is 1. The summed E-state index contributed by atoms with van der Waals surface area (Å²) in [5, 5.41) is 19.7. The van der Waals surface area contributed by atoms with Crippen LogP contribution in [0.3, 0.4) is 0 Å². The summed E-state index contributed by atoms with van der Waals surface area (Å²) in [5.74, 6) is 0.616. The van der Waals surface area contributed by atoms with Gasteiger partial charge in [0.25, 0.3) is 0 Å². The number of nitrogens with zero attached hydrogens (tertiary/aromatic N) is 3. The quantitative estimate of drug-likeness (QED) is 0.662. The number of ether oxygens (including phenoxy) is 1. The van der Waals surface area contributed by atoms with Crippen LogP contribution in [0.5, 0.6) is 5.75 Å². The smallest absolute Gasteiger partial charge is 0.329 e. The number of halogens is 1. The van der Waals surface area contributed by atoms with E-state index in [4.69, 9.17) is 16.3 Å². The van der Waals surface area contributed by atoms with Gasteiger partial charge in [-0.1, -0.05) is 17.7 Å². The average Bonchev–Trinajstić information content (AvgIpc) is 3.01. The third kappa shape index (κ3) is 3.83. The Morgan fingerprint density at radius 1 is 1.17 bits per heavy atom. The molecule has 0 aliphatic heterocycles. The van der Waals surface area contributed by atoms with Crippen LogP contribution in [0.25, 0.3) is 11.0 Å². The molecule has 0 bridgehead atoms. The Bertz CT molecular complexity index is 1170. The normalized spacial score (nSPS) is 19.0. The number of benzene rings is 2. The van der Waals surface area contributed by atoms with Crippen molar-refractivity contribution in [2.45, 2.75) is 51.3 Å². The van der Waals surface area contributed by atoms with Crippen LogP contribution in [0.4, 0.5) is 0 Å². The molecule has 0 radical (unpaired) electrons. The van der Waals surface area contributed by atoms with Crippen LogP contribution >= 0.6 is 11.6 Å². The molecule has 1 N–H and O–H groups in total. The van der Waals surface area contributed by atoms with Crippen molar-refractivity contribution in [3.05, 3.63) is 63.0 Å². The van der Waals surface area contributed by atoms with E-state index in [2.05, 4.69) is 6.07 Å². The minimum absolute atomic E-state index is 0.0431. The van der Waals surface area contributed by atoms with Crippen molar-refractivity contribution in [3.63, 3.8) is 0 Å². The minimum Gasteiger partial charge on any atom is -0.492 e. The van der Waals surface area contributed by atoms with Crippen LogP contribution in [-0.4, -0.2) is 27.0 Å². The third-order valence-corrected chi connectivity index (χ3v) is 6.06. The number of imidazole rings is 1. The second-order valence-electron chi connectivity index (χ2n) is 7.71. The highest BCUT2D eigenvalue weighted by molar-refractivity contribution is 6.32. The number of aromatic nitrogens is 2. The highest BCUT2D eigenvalue weighted by Crippen LogP contribution is 2.31. The molecule has 0 amide bonds. The lowest BCUT2D eigenvalue weighted by Crippen LogP contribution is -2.31. The van der Waals surface area contributed by atoms with Crippen molar-refractivity contribution < 1.29 is 9.84 Å². The Balaban J connectivity index is 1.79. The Labute approximate surface area is 179 Å². The van der Waals surface area contributed by atoms with E-state index in [1.165, 1.54) is 0 Å². The summed E-state index contributed by atoms with van der Waals surface area (Å²) in [6, 6.07) is 13.1. The van der Waals surface area contributed by atoms with Gasteiger partial charge in [0.05, 0.1) is 46.9 Å². The van der Waals surface area contributed by atoms with Gasteiger partial charge in [0, 0.05) is 6.04 Å². The molecule has 1 aliphatic rings. The van der Waals surface area contributed by atoms with Crippen LogP contribution in [0.2, 0.25) is 5.02 Å². The van der Waals surface area contributed by atoms with Crippen molar-refractivity contribution in [2.75, 3.05) is 6.61 Å². The van der Waals surface area contributed by atoms with Crippen LogP contribution in [0, 0.1) is 11.3 Å². The maximum Gasteiger partial charge on any atom is 0.329 e. The summed E-state index contributed by atoms with van der Waals surface area (Å²) in [7, 11) is 0. The summed E-state index contributed by atoms with van der Waals surface area (Å²) in [4.78, 5) is 13.5. The van der Waals surface area contributed by atoms with E-state index < -0.39 is 0 Å². The molecule has 0 atom stereocenters. The van der Waals surface area contributed by atoms with Gasteiger partial charge >= 0.3 is 5.69 Å². The predicted octanol–water partition coefficient (Wildman–Crippen LogP) is 4.25. The molecule has 6 nitrogen and oxygen atoms in total. The number of fused-ring (bicyclic) bond motifs is 1. The highest BCUT2D eigenvalue weighted by atomic mass is 35.5. The zero-order valence-corrected chi connectivity index (χ0v) is 17.6. The van der Waals surface area contributed by atoms with Crippen LogP contribution in [0.1, 0.15) is 49.8 Å². The molecule has 156 valence electrons. The van der Waals surface area contributed by atoms with Crippen molar-refractivity contribution in [2.24, 2.45) is 0 Å². The van der Waals surface area contributed by atoms with Gasteiger partial charge in [0.1, 0.15) is 5.75 Å². The van der Waals surface area contributed by atoms with Gasteiger partial charge in [0.15, 0.2) is 0 Å². The molecule has 0 spiro atoms. The largest absolute Gasteiger partial charge is 0.492 e. The van der Waals surface area contributed by atoms with Crippen LogP contribution < -0.4 is 10.4 Å². The molecule has 1 heterocycles. The first-order valence-electron chi connectivity index (χ1n) is 10.3. The van der Waals surface area contributed by atoms with E-state index in [9.17, 15) is 15.2 Å². The molecule has 1 aromatic heterocycles. The Morgan fingerprint density at radius 2 is 1.93 bits per heavy atom.